The van der Waals surface area contributed by atoms with Gasteiger partial charge in [-0.05, 0) is 12.1 Å². The molecule has 0 spiro atoms. The Morgan fingerprint density at radius 3 is 2.81 bits per heavy atom. The molecule has 4 nitrogen and oxygen atoms in total. The summed E-state index contributed by atoms with van der Waals surface area (Å²) in [5, 5.41) is 1.12. The quantitative estimate of drug-likeness (QED) is 0.448. The first kappa shape index (κ1) is 12.7. The number of halogens is 2. The van der Waals surface area contributed by atoms with Crippen molar-refractivity contribution in [3.05, 3.63) is 29.7 Å². The number of rotatable bonds is 1. The maximum absolute atomic E-state index is 10.7. The molecule has 0 unspecified atom stereocenters. The van der Waals surface area contributed by atoms with Crippen LogP contribution in [0.15, 0.2) is 24.5 Å². The minimum Gasteiger partial charge on any atom is -0.427 e. The molecule has 1 aromatic carbocycles. The second kappa shape index (κ2) is 5.09. The van der Waals surface area contributed by atoms with Gasteiger partial charge in [0.15, 0.2) is 0 Å². The minimum atomic E-state index is -0.366. The summed E-state index contributed by atoms with van der Waals surface area (Å²) in [4.78, 5) is 18.6. The maximum atomic E-state index is 10.7. The number of benzene rings is 1. The van der Waals surface area contributed by atoms with Crippen molar-refractivity contribution in [3.8, 4) is 5.75 Å². The maximum Gasteiger partial charge on any atom is 0.308 e. The van der Waals surface area contributed by atoms with Gasteiger partial charge in [-0.1, -0.05) is 11.6 Å². The first-order valence-corrected chi connectivity index (χ1v) is 4.63. The van der Waals surface area contributed by atoms with Gasteiger partial charge in [-0.3, -0.25) is 4.79 Å². The van der Waals surface area contributed by atoms with E-state index in [9.17, 15) is 4.79 Å². The van der Waals surface area contributed by atoms with E-state index in [1.165, 1.54) is 13.3 Å². The lowest BCUT2D eigenvalue weighted by molar-refractivity contribution is -0.131. The number of ether oxygens (including phenoxy) is 1. The van der Waals surface area contributed by atoms with Crippen LogP contribution in [-0.2, 0) is 4.79 Å². The Bertz CT molecular complexity index is 531. The van der Waals surface area contributed by atoms with E-state index >= 15 is 0 Å². The van der Waals surface area contributed by atoms with Crippen LogP contribution in [0.5, 0.6) is 5.75 Å². The number of aromatic nitrogens is 2. The smallest absolute Gasteiger partial charge is 0.308 e. The molecule has 0 saturated carbocycles. The highest BCUT2D eigenvalue weighted by atomic mass is 35.5. The van der Waals surface area contributed by atoms with Crippen LogP contribution in [0.1, 0.15) is 6.92 Å². The van der Waals surface area contributed by atoms with Gasteiger partial charge in [0.05, 0.1) is 5.52 Å². The second-order valence-electron chi connectivity index (χ2n) is 2.94. The number of esters is 1. The fraction of sp³-hybridized carbons (Fsp3) is 0.100. The number of hydrogen-bond acceptors (Lipinski definition) is 4. The summed E-state index contributed by atoms with van der Waals surface area (Å²) >= 11 is 5.86. The summed E-state index contributed by atoms with van der Waals surface area (Å²) in [5.41, 5.74) is 0.647. The molecule has 16 heavy (non-hydrogen) atoms. The minimum absolute atomic E-state index is 0. The Morgan fingerprint density at radius 2 is 2.12 bits per heavy atom. The van der Waals surface area contributed by atoms with Gasteiger partial charge in [-0.15, -0.1) is 12.4 Å². The molecular formula is C10H8Cl2N2O2. The largest absolute Gasteiger partial charge is 0.427 e. The van der Waals surface area contributed by atoms with Gasteiger partial charge in [0.25, 0.3) is 0 Å². The van der Waals surface area contributed by atoms with Gasteiger partial charge in [0.1, 0.15) is 17.2 Å². The molecule has 1 heterocycles. The van der Waals surface area contributed by atoms with Gasteiger partial charge in [0.2, 0.25) is 0 Å². The molecule has 0 saturated heterocycles. The predicted octanol–water partition coefficient (Wildman–Crippen LogP) is 2.63. The van der Waals surface area contributed by atoms with E-state index in [4.69, 9.17) is 16.3 Å². The topological polar surface area (TPSA) is 52.1 Å². The van der Waals surface area contributed by atoms with E-state index in [2.05, 4.69) is 9.97 Å². The number of carbonyl (C=O) groups is 1. The number of fused-ring (bicyclic) bond motifs is 1. The van der Waals surface area contributed by atoms with Crippen LogP contribution < -0.4 is 4.74 Å². The Labute approximate surface area is 103 Å². The molecule has 2 aromatic rings. The van der Waals surface area contributed by atoms with Crippen molar-refractivity contribution < 1.29 is 9.53 Å². The van der Waals surface area contributed by atoms with Gasteiger partial charge in [-0.25, -0.2) is 9.97 Å². The molecule has 0 N–H and O–H groups in total. The molecule has 0 atom stereocenters. The predicted molar refractivity (Wildman–Crippen MR) is 63.1 cm³/mol. The highest BCUT2D eigenvalue weighted by Gasteiger charge is 2.04. The Balaban J connectivity index is 0.00000128. The molecule has 0 aliphatic heterocycles. The van der Waals surface area contributed by atoms with Crippen LogP contribution in [0.4, 0.5) is 0 Å². The second-order valence-corrected chi connectivity index (χ2v) is 3.30. The van der Waals surface area contributed by atoms with Crippen LogP contribution in [0, 0.1) is 0 Å². The summed E-state index contributed by atoms with van der Waals surface area (Å²) in [7, 11) is 0. The zero-order chi connectivity index (χ0) is 10.8. The SMILES string of the molecule is CC(=O)Oc1ccc2c(Cl)ncnc2c1.Cl. The first-order valence-electron chi connectivity index (χ1n) is 4.25. The van der Waals surface area contributed by atoms with Crippen LogP contribution in [0.3, 0.4) is 0 Å². The molecular weight excluding hydrogens is 251 g/mol. The zero-order valence-corrected chi connectivity index (χ0v) is 9.88. The molecule has 0 fully saturated rings. The molecule has 0 aliphatic carbocycles. The van der Waals surface area contributed by atoms with E-state index in [0.29, 0.717) is 16.4 Å². The molecule has 84 valence electrons. The van der Waals surface area contributed by atoms with Crippen molar-refractivity contribution in [2.24, 2.45) is 0 Å². The molecule has 1 aromatic heterocycles. The van der Waals surface area contributed by atoms with Crippen molar-refractivity contribution in [2.45, 2.75) is 6.92 Å². The fourth-order valence-corrected chi connectivity index (χ4v) is 1.44. The van der Waals surface area contributed by atoms with Crippen LogP contribution in [0.25, 0.3) is 10.9 Å². The summed E-state index contributed by atoms with van der Waals surface area (Å²) in [5.74, 6) is 0.0827. The van der Waals surface area contributed by atoms with E-state index in [1.807, 2.05) is 0 Å². The average molecular weight is 259 g/mol. The molecule has 0 aliphatic rings. The van der Waals surface area contributed by atoms with Crippen molar-refractivity contribution in [1.82, 2.24) is 9.97 Å². The van der Waals surface area contributed by atoms with Gasteiger partial charge < -0.3 is 4.74 Å². The summed E-state index contributed by atoms with van der Waals surface area (Å²) < 4.78 is 4.92. The molecule has 6 heteroatoms. The Morgan fingerprint density at radius 1 is 1.38 bits per heavy atom. The highest BCUT2D eigenvalue weighted by molar-refractivity contribution is 6.34. The fourth-order valence-electron chi connectivity index (χ4n) is 1.23. The molecule has 0 amide bonds. The van der Waals surface area contributed by atoms with Crippen LogP contribution >= 0.6 is 24.0 Å². The van der Waals surface area contributed by atoms with Crippen molar-refractivity contribution in [3.63, 3.8) is 0 Å². The van der Waals surface area contributed by atoms with Gasteiger partial charge in [-0.2, -0.15) is 0 Å². The standard InChI is InChI=1S/C10H7ClN2O2.ClH/c1-6(14)15-7-2-3-8-9(4-7)12-5-13-10(8)11;/h2-5H,1H3;1H. The van der Waals surface area contributed by atoms with E-state index in [-0.39, 0.29) is 18.4 Å². The monoisotopic (exact) mass is 258 g/mol. The van der Waals surface area contributed by atoms with Crippen molar-refractivity contribution in [2.75, 3.05) is 0 Å². The third-order valence-corrected chi connectivity index (χ3v) is 2.12. The molecule has 2 rings (SSSR count). The normalized spacial score (nSPS) is 9.62. The third-order valence-electron chi connectivity index (χ3n) is 1.82. The Hall–Kier alpha value is -1.39. The zero-order valence-electron chi connectivity index (χ0n) is 8.31. The molecule has 0 bridgehead atoms. The summed E-state index contributed by atoms with van der Waals surface area (Å²) in [6, 6.07) is 5.01. The Kier molecular flexibility index (Phi) is 4.04. The number of hydrogen-bond donors (Lipinski definition) is 0. The van der Waals surface area contributed by atoms with E-state index in [0.717, 1.165) is 5.39 Å². The lowest BCUT2D eigenvalue weighted by Gasteiger charge is -2.02. The average Bonchev–Trinajstić information content (AvgIpc) is 2.17. The van der Waals surface area contributed by atoms with Crippen molar-refractivity contribution in [1.29, 1.82) is 0 Å². The van der Waals surface area contributed by atoms with Crippen molar-refractivity contribution >= 4 is 40.9 Å². The van der Waals surface area contributed by atoms with Gasteiger partial charge in [0, 0.05) is 18.4 Å². The van der Waals surface area contributed by atoms with Crippen LogP contribution in [0.2, 0.25) is 5.15 Å². The number of nitrogens with zero attached hydrogens (tertiary/aromatic N) is 2. The highest BCUT2D eigenvalue weighted by Crippen LogP contribution is 2.23. The summed E-state index contributed by atoms with van der Waals surface area (Å²) in [6.45, 7) is 1.34. The molecule has 0 radical (unpaired) electrons. The van der Waals surface area contributed by atoms with E-state index in [1.54, 1.807) is 18.2 Å². The van der Waals surface area contributed by atoms with Gasteiger partial charge >= 0.3 is 5.97 Å². The first-order chi connectivity index (χ1) is 7.16. The number of carbonyl (C=O) groups excluding carboxylic acids is 1. The van der Waals surface area contributed by atoms with Crippen LogP contribution in [-0.4, -0.2) is 15.9 Å². The van der Waals surface area contributed by atoms with E-state index < -0.39 is 0 Å². The summed E-state index contributed by atoms with van der Waals surface area (Å²) in [6.07, 6.45) is 1.36. The lowest BCUT2D eigenvalue weighted by atomic mass is 10.2. The lowest BCUT2D eigenvalue weighted by Crippen LogP contribution is -2.01. The third kappa shape index (κ3) is 2.59.